The van der Waals surface area contributed by atoms with Crippen molar-refractivity contribution in [2.45, 2.75) is 57.6 Å². The molecule has 1 atom stereocenters. The van der Waals surface area contributed by atoms with Crippen LogP contribution in [0.2, 0.25) is 0 Å². The van der Waals surface area contributed by atoms with Gasteiger partial charge in [-0.05, 0) is 51.2 Å². The number of fused-ring (bicyclic) bond motifs is 1. The molecule has 14 heteroatoms. The van der Waals surface area contributed by atoms with Gasteiger partial charge < -0.3 is 34.8 Å². The van der Waals surface area contributed by atoms with E-state index in [1.54, 1.807) is 6.92 Å². The fourth-order valence-corrected chi connectivity index (χ4v) is 4.92. The largest absolute Gasteiger partial charge is 0.481 e. The lowest BCUT2D eigenvalue weighted by Crippen LogP contribution is -2.56. The highest BCUT2D eigenvalue weighted by molar-refractivity contribution is 6.00. The number of carboxylic acid groups (broad SMARTS) is 2. The molecule has 2 heterocycles. The van der Waals surface area contributed by atoms with Crippen molar-refractivity contribution in [1.29, 1.82) is 0 Å². The molecule has 2 aromatic rings. The number of carbonyl (C=O) groups excluding carboxylic acids is 3. The molecule has 1 aromatic carbocycles. The van der Waals surface area contributed by atoms with E-state index in [9.17, 15) is 34.2 Å². The third-order valence-corrected chi connectivity index (χ3v) is 7.52. The van der Waals surface area contributed by atoms with Crippen LogP contribution in [0, 0.1) is 12.7 Å². The van der Waals surface area contributed by atoms with E-state index in [4.69, 9.17) is 9.47 Å². The summed E-state index contributed by atoms with van der Waals surface area (Å²) in [5.74, 6) is -4.60. The number of benzene rings is 1. The topological polar surface area (TPSA) is 176 Å². The Kier molecular flexibility index (Phi) is 9.12. The third-order valence-electron chi connectivity index (χ3n) is 7.52. The van der Waals surface area contributed by atoms with Gasteiger partial charge in [-0.25, -0.2) is 19.0 Å². The SMILES string of the molecule is CCOC(=O)N1CCN(C(=O)C(CCC(=O)O)NC(=O)c2cc(OC3(C(=O)O)CCC3)c3c(F)c(C)ccc3n2)CC1. The van der Waals surface area contributed by atoms with E-state index in [0.29, 0.717) is 6.42 Å². The van der Waals surface area contributed by atoms with Crippen LogP contribution in [-0.2, 0) is 19.1 Å². The molecule has 0 radical (unpaired) electrons. The minimum Gasteiger partial charge on any atom is -0.481 e. The summed E-state index contributed by atoms with van der Waals surface area (Å²) < 4.78 is 26.0. The first-order valence-corrected chi connectivity index (χ1v) is 13.7. The van der Waals surface area contributed by atoms with Crippen molar-refractivity contribution in [1.82, 2.24) is 20.1 Å². The average Bonchev–Trinajstić information content (AvgIpc) is 2.94. The smallest absolute Gasteiger partial charge is 0.409 e. The summed E-state index contributed by atoms with van der Waals surface area (Å²) in [6.45, 7) is 4.13. The summed E-state index contributed by atoms with van der Waals surface area (Å²) in [5.41, 5.74) is -1.51. The third kappa shape index (κ3) is 6.37. The van der Waals surface area contributed by atoms with E-state index in [2.05, 4.69) is 10.3 Å². The Morgan fingerprint density at radius 2 is 1.76 bits per heavy atom. The average molecular weight is 589 g/mol. The molecule has 1 saturated carbocycles. The predicted octanol–water partition coefficient (Wildman–Crippen LogP) is 2.33. The standard InChI is InChI=1S/C28H33FN4O9/c1-3-41-27(40)33-13-11-32(12-14-33)25(37)18(7-8-21(34)35)31-24(36)19-15-20(42-28(26(38)39)9-4-10-28)22-17(30-19)6-5-16(2)23(22)29/h5-6,15,18H,3-4,7-14H2,1-2H3,(H,31,36)(H,34,35)(H,38,39). The molecule has 1 aliphatic carbocycles. The van der Waals surface area contributed by atoms with Gasteiger partial charge in [0.05, 0.1) is 17.5 Å². The lowest BCUT2D eigenvalue weighted by Gasteiger charge is -2.38. The van der Waals surface area contributed by atoms with Crippen LogP contribution < -0.4 is 10.1 Å². The van der Waals surface area contributed by atoms with Gasteiger partial charge in [0.15, 0.2) is 0 Å². The molecule has 1 unspecified atom stereocenters. The summed E-state index contributed by atoms with van der Waals surface area (Å²) in [7, 11) is 0. The number of ether oxygens (including phenoxy) is 2. The number of carbonyl (C=O) groups is 5. The zero-order valence-electron chi connectivity index (χ0n) is 23.4. The van der Waals surface area contributed by atoms with Crippen LogP contribution in [0.15, 0.2) is 18.2 Å². The number of halogens is 1. The van der Waals surface area contributed by atoms with Crippen molar-refractivity contribution in [3.8, 4) is 5.75 Å². The lowest BCUT2D eigenvalue weighted by molar-refractivity contribution is -0.163. The monoisotopic (exact) mass is 588 g/mol. The van der Waals surface area contributed by atoms with Gasteiger partial charge in [0.25, 0.3) is 5.91 Å². The number of nitrogens with zero attached hydrogens (tertiary/aromatic N) is 3. The fraction of sp³-hybridized carbons (Fsp3) is 0.500. The Bertz CT molecular complexity index is 1400. The van der Waals surface area contributed by atoms with E-state index in [0.717, 1.165) is 6.07 Å². The summed E-state index contributed by atoms with van der Waals surface area (Å²) in [6.07, 6.45) is -0.118. The van der Waals surface area contributed by atoms with E-state index in [1.807, 2.05) is 0 Å². The quantitative estimate of drug-likeness (QED) is 0.373. The first-order valence-electron chi connectivity index (χ1n) is 13.7. The maximum absolute atomic E-state index is 15.2. The maximum Gasteiger partial charge on any atom is 0.409 e. The molecule has 1 aliphatic heterocycles. The molecule has 0 spiro atoms. The summed E-state index contributed by atoms with van der Waals surface area (Å²) in [5, 5.41) is 21.5. The van der Waals surface area contributed by atoms with E-state index in [-0.39, 0.29) is 80.0 Å². The van der Waals surface area contributed by atoms with E-state index >= 15 is 4.39 Å². The zero-order chi connectivity index (χ0) is 30.6. The van der Waals surface area contributed by atoms with Crippen molar-refractivity contribution in [2.24, 2.45) is 0 Å². The number of rotatable bonds is 10. The zero-order valence-corrected chi connectivity index (χ0v) is 23.4. The number of amides is 3. The molecule has 4 rings (SSSR count). The number of nitrogens with one attached hydrogen (secondary N) is 1. The number of hydrogen-bond donors (Lipinski definition) is 3. The lowest BCUT2D eigenvalue weighted by atomic mass is 9.80. The molecule has 0 bridgehead atoms. The second-order valence-corrected chi connectivity index (χ2v) is 10.3. The van der Waals surface area contributed by atoms with Crippen LogP contribution in [0.4, 0.5) is 9.18 Å². The Balaban J connectivity index is 1.59. The highest BCUT2D eigenvalue weighted by Crippen LogP contribution is 2.40. The van der Waals surface area contributed by atoms with Crippen molar-refractivity contribution >= 4 is 40.7 Å². The number of pyridine rings is 1. The van der Waals surface area contributed by atoms with Crippen molar-refractivity contribution in [3.63, 3.8) is 0 Å². The van der Waals surface area contributed by atoms with Gasteiger partial charge in [0.2, 0.25) is 11.5 Å². The number of piperazine rings is 1. The summed E-state index contributed by atoms with van der Waals surface area (Å²) in [4.78, 5) is 69.2. The minimum atomic E-state index is -1.57. The molecule has 13 nitrogen and oxygen atoms in total. The van der Waals surface area contributed by atoms with Gasteiger partial charge >= 0.3 is 18.0 Å². The normalized spacial score (nSPS) is 16.7. The van der Waals surface area contributed by atoms with Crippen molar-refractivity contribution in [2.75, 3.05) is 32.8 Å². The fourth-order valence-electron chi connectivity index (χ4n) is 4.92. The number of hydrogen-bond acceptors (Lipinski definition) is 8. The summed E-state index contributed by atoms with van der Waals surface area (Å²) in [6, 6.07) is 2.83. The Labute approximate surface area is 240 Å². The second kappa shape index (κ2) is 12.6. The van der Waals surface area contributed by atoms with Crippen LogP contribution in [0.3, 0.4) is 0 Å². The van der Waals surface area contributed by atoms with E-state index in [1.165, 1.54) is 28.9 Å². The number of aryl methyl sites for hydroxylation is 1. The van der Waals surface area contributed by atoms with Crippen LogP contribution in [0.1, 0.15) is 55.1 Å². The van der Waals surface area contributed by atoms with Gasteiger partial charge in [-0.3, -0.25) is 14.4 Å². The van der Waals surface area contributed by atoms with Gasteiger partial charge in [-0.1, -0.05) is 6.07 Å². The molecule has 42 heavy (non-hydrogen) atoms. The molecule has 226 valence electrons. The van der Waals surface area contributed by atoms with Gasteiger partial charge in [0.1, 0.15) is 23.3 Å². The van der Waals surface area contributed by atoms with Crippen LogP contribution in [0.25, 0.3) is 10.9 Å². The highest BCUT2D eigenvalue weighted by Gasteiger charge is 2.47. The molecular formula is C28H33FN4O9. The maximum atomic E-state index is 15.2. The Morgan fingerprint density at radius 1 is 1.10 bits per heavy atom. The first kappa shape index (κ1) is 30.5. The van der Waals surface area contributed by atoms with Gasteiger partial charge in [-0.15, -0.1) is 0 Å². The van der Waals surface area contributed by atoms with Crippen molar-refractivity contribution in [3.05, 3.63) is 35.3 Å². The molecule has 2 aliphatic rings. The van der Waals surface area contributed by atoms with Gasteiger partial charge in [-0.2, -0.15) is 0 Å². The highest BCUT2D eigenvalue weighted by atomic mass is 19.1. The molecule has 1 saturated heterocycles. The number of carboxylic acids is 2. The predicted molar refractivity (Wildman–Crippen MR) is 145 cm³/mol. The first-order chi connectivity index (χ1) is 20.0. The number of aliphatic carboxylic acids is 2. The van der Waals surface area contributed by atoms with Gasteiger partial charge in [0, 0.05) is 38.7 Å². The number of aromatic nitrogens is 1. The Morgan fingerprint density at radius 3 is 2.33 bits per heavy atom. The minimum absolute atomic E-state index is 0.0455. The van der Waals surface area contributed by atoms with Crippen LogP contribution >= 0.6 is 0 Å². The molecule has 2 fully saturated rings. The molecule has 1 aromatic heterocycles. The van der Waals surface area contributed by atoms with Crippen LogP contribution in [-0.4, -0.2) is 99.3 Å². The summed E-state index contributed by atoms with van der Waals surface area (Å²) >= 11 is 0. The molecule has 3 N–H and O–H groups in total. The Hall–Kier alpha value is -4.49. The molecular weight excluding hydrogens is 555 g/mol. The van der Waals surface area contributed by atoms with Crippen molar-refractivity contribution < 1.29 is 48.0 Å². The second-order valence-electron chi connectivity index (χ2n) is 10.3. The van der Waals surface area contributed by atoms with Crippen LogP contribution in [0.5, 0.6) is 5.75 Å². The molecule has 3 amide bonds. The van der Waals surface area contributed by atoms with E-state index < -0.39 is 53.7 Å².